The average Bonchev–Trinajstić information content (AvgIpc) is 2.61. The Labute approximate surface area is 137 Å². The van der Waals surface area contributed by atoms with Crippen molar-refractivity contribution in [1.82, 2.24) is 4.98 Å². The second-order valence-corrected chi connectivity index (χ2v) is 5.16. The molecule has 0 spiro atoms. The second kappa shape index (κ2) is 6.34. The number of carboxylic acids is 2. The van der Waals surface area contributed by atoms with Crippen molar-refractivity contribution in [2.75, 3.05) is 0 Å². The van der Waals surface area contributed by atoms with Gasteiger partial charge in [-0.1, -0.05) is 36.4 Å². The Morgan fingerprint density at radius 2 is 1.12 bits per heavy atom. The van der Waals surface area contributed by atoms with E-state index in [2.05, 4.69) is 4.98 Å². The van der Waals surface area contributed by atoms with Gasteiger partial charge in [0.05, 0.1) is 11.1 Å². The fourth-order valence-corrected chi connectivity index (χ4v) is 2.58. The van der Waals surface area contributed by atoms with Crippen molar-refractivity contribution in [1.29, 1.82) is 0 Å². The van der Waals surface area contributed by atoms with Crippen LogP contribution in [0.3, 0.4) is 0 Å². The van der Waals surface area contributed by atoms with Crippen LogP contribution in [0.5, 0.6) is 0 Å². The standard InChI is InChI=1S/C19H13NO4/c21-18(22)16-7-3-1-5-14(16)12-9-13(11-20-10-12)15-6-2-4-8-17(15)19(23)24/h1-11H,(H,21,22)(H,23,24). The first kappa shape index (κ1) is 15.4. The van der Waals surface area contributed by atoms with Crippen molar-refractivity contribution in [3.63, 3.8) is 0 Å². The zero-order chi connectivity index (χ0) is 17.1. The summed E-state index contributed by atoms with van der Waals surface area (Å²) in [6, 6.07) is 15.0. The number of carbonyl (C=O) groups is 2. The van der Waals surface area contributed by atoms with Crippen LogP contribution in [0.25, 0.3) is 22.3 Å². The third-order valence-corrected chi connectivity index (χ3v) is 3.68. The van der Waals surface area contributed by atoms with Gasteiger partial charge in [0.15, 0.2) is 0 Å². The van der Waals surface area contributed by atoms with E-state index in [1.165, 1.54) is 12.1 Å². The monoisotopic (exact) mass is 319 g/mol. The zero-order valence-electron chi connectivity index (χ0n) is 12.5. The van der Waals surface area contributed by atoms with Crippen LogP contribution in [-0.4, -0.2) is 27.1 Å². The van der Waals surface area contributed by atoms with Crippen molar-refractivity contribution in [2.24, 2.45) is 0 Å². The first-order valence-corrected chi connectivity index (χ1v) is 7.18. The largest absolute Gasteiger partial charge is 0.478 e. The minimum Gasteiger partial charge on any atom is -0.478 e. The van der Waals surface area contributed by atoms with Crippen molar-refractivity contribution < 1.29 is 19.8 Å². The van der Waals surface area contributed by atoms with Gasteiger partial charge in [-0.2, -0.15) is 0 Å². The zero-order valence-corrected chi connectivity index (χ0v) is 12.5. The van der Waals surface area contributed by atoms with Crippen LogP contribution < -0.4 is 0 Å². The molecule has 5 heteroatoms. The number of aromatic carboxylic acids is 2. The Morgan fingerprint density at radius 1 is 0.708 bits per heavy atom. The second-order valence-electron chi connectivity index (χ2n) is 5.16. The average molecular weight is 319 g/mol. The molecule has 3 rings (SSSR count). The van der Waals surface area contributed by atoms with Gasteiger partial charge >= 0.3 is 11.9 Å². The summed E-state index contributed by atoms with van der Waals surface area (Å²) in [7, 11) is 0. The molecule has 2 N–H and O–H groups in total. The fraction of sp³-hybridized carbons (Fsp3) is 0. The van der Waals surface area contributed by atoms with Crippen LogP contribution >= 0.6 is 0 Å². The van der Waals surface area contributed by atoms with Crippen molar-refractivity contribution in [3.05, 3.63) is 78.1 Å². The van der Waals surface area contributed by atoms with E-state index in [1.807, 2.05) is 0 Å². The van der Waals surface area contributed by atoms with Gasteiger partial charge in [0.1, 0.15) is 0 Å². The molecule has 0 aliphatic heterocycles. The number of pyridine rings is 1. The van der Waals surface area contributed by atoms with Crippen molar-refractivity contribution in [2.45, 2.75) is 0 Å². The Bertz CT molecular complexity index is 861. The molecule has 0 aliphatic rings. The summed E-state index contributed by atoms with van der Waals surface area (Å²) in [5.41, 5.74) is 2.64. The van der Waals surface area contributed by atoms with Crippen LogP contribution in [0.1, 0.15) is 20.7 Å². The molecule has 5 nitrogen and oxygen atoms in total. The molecular formula is C19H13NO4. The molecule has 1 aromatic heterocycles. The smallest absolute Gasteiger partial charge is 0.336 e. The van der Waals surface area contributed by atoms with Crippen LogP contribution in [0.2, 0.25) is 0 Å². The van der Waals surface area contributed by atoms with Crippen molar-refractivity contribution >= 4 is 11.9 Å². The Hall–Kier alpha value is -3.47. The maximum Gasteiger partial charge on any atom is 0.336 e. The molecule has 0 radical (unpaired) electrons. The van der Waals surface area contributed by atoms with Crippen LogP contribution in [0, 0.1) is 0 Å². The van der Waals surface area contributed by atoms with E-state index in [0.717, 1.165) is 0 Å². The molecule has 0 saturated heterocycles. The van der Waals surface area contributed by atoms with Crippen LogP contribution in [0.15, 0.2) is 67.0 Å². The van der Waals surface area contributed by atoms with Gasteiger partial charge in [-0.25, -0.2) is 9.59 Å². The Kier molecular flexibility index (Phi) is 4.07. The Morgan fingerprint density at radius 3 is 1.54 bits per heavy atom. The normalized spacial score (nSPS) is 10.3. The summed E-state index contributed by atoms with van der Waals surface area (Å²) in [4.78, 5) is 26.9. The maximum absolute atomic E-state index is 11.4. The number of hydrogen-bond donors (Lipinski definition) is 2. The van der Waals surface area contributed by atoms with Gasteiger partial charge in [-0.05, 0) is 29.3 Å². The number of rotatable bonds is 4. The molecule has 0 aliphatic carbocycles. The highest BCUT2D eigenvalue weighted by Gasteiger charge is 2.14. The quantitative estimate of drug-likeness (QED) is 0.763. The summed E-state index contributed by atoms with van der Waals surface area (Å²) < 4.78 is 0. The molecular weight excluding hydrogens is 306 g/mol. The lowest BCUT2D eigenvalue weighted by atomic mass is 9.96. The first-order valence-electron chi connectivity index (χ1n) is 7.18. The number of hydrogen-bond acceptors (Lipinski definition) is 3. The molecule has 24 heavy (non-hydrogen) atoms. The van der Waals surface area contributed by atoms with E-state index in [0.29, 0.717) is 22.3 Å². The summed E-state index contributed by atoms with van der Waals surface area (Å²) in [5.74, 6) is -2.05. The minimum atomic E-state index is -1.03. The Balaban J connectivity index is 2.16. The minimum absolute atomic E-state index is 0.169. The van der Waals surface area contributed by atoms with E-state index < -0.39 is 11.9 Å². The lowest BCUT2D eigenvalue weighted by Gasteiger charge is -2.09. The topological polar surface area (TPSA) is 87.5 Å². The van der Waals surface area contributed by atoms with Gasteiger partial charge in [0.2, 0.25) is 0 Å². The fourth-order valence-electron chi connectivity index (χ4n) is 2.58. The van der Waals surface area contributed by atoms with Crippen LogP contribution in [-0.2, 0) is 0 Å². The van der Waals surface area contributed by atoms with Gasteiger partial charge in [0.25, 0.3) is 0 Å². The third kappa shape index (κ3) is 2.87. The molecule has 2 aromatic carbocycles. The number of benzene rings is 2. The summed E-state index contributed by atoms with van der Waals surface area (Å²) in [5, 5.41) is 18.7. The van der Waals surface area contributed by atoms with Gasteiger partial charge < -0.3 is 10.2 Å². The highest BCUT2D eigenvalue weighted by Crippen LogP contribution is 2.29. The lowest BCUT2D eigenvalue weighted by molar-refractivity contribution is 0.0687. The lowest BCUT2D eigenvalue weighted by Crippen LogP contribution is -2.01. The SMILES string of the molecule is O=C(O)c1ccccc1-c1cncc(-c2ccccc2C(=O)O)c1. The molecule has 3 aromatic rings. The van der Waals surface area contributed by atoms with E-state index >= 15 is 0 Å². The molecule has 0 bridgehead atoms. The predicted octanol–water partition coefficient (Wildman–Crippen LogP) is 3.81. The maximum atomic E-state index is 11.4. The van der Waals surface area contributed by atoms with E-state index in [-0.39, 0.29) is 11.1 Å². The van der Waals surface area contributed by atoms with Gasteiger partial charge in [-0.15, -0.1) is 0 Å². The highest BCUT2D eigenvalue weighted by atomic mass is 16.4. The summed E-state index contributed by atoms with van der Waals surface area (Å²) >= 11 is 0. The molecule has 118 valence electrons. The van der Waals surface area contributed by atoms with E-state index in [1.54, 1.807) is 54.9 Å². The number of carboxylic acid groups (broad SMARTS) is 2. The molecule has 0 saturated carbocycles. The summed E-state index contributed by atoms with van der Waals surface area (Å²) in [6.45, 7) is 0. The van der Waals surface area contributed by atoms with E-state index in [9.17, 15) is 19.8 Å². The highest BCUT2D eigenvalue weighted by molar-refractivity contribution is 5.98. The first-order chi connectivity index (χ1) is 11.6. The van der Waals surface area contributed by atoms with Crippen molar-refractivity contribution in [3.8, 4) is 22.3 Å². The summed E-state index contributed by atoms with van der Waals surface area (Å²) in [6.07, 6.45) is 3.13. The van der Waals surface area contributed by atoms with E-state index in [4.69, 9.17) is 0 Å². The van der Waals surface area contributed by atoms with Gasteiger partial charge in [0, 0.05) is 23.5 Å². The number of aromatic nitrogens is 1. The molecule has 1 heterocycles. The molecule has 0 amide bonds. The molecule has 0 fully saturated rings. The number of nitrogens with zero attached hydrogens (tertiary/aromatic N) is 1. The van der Waals surface area contributed by atoms with Gasteiger partial charge in [-0.3, -0.25) is 4.98 Å². The third-order valence-electron chi connectivity index (χ3n) is 3.68. The predicted molar refractivity (Wildman–Crippen MR) is 89.0 cm³/mol. The molecule has 0 unspecified atom stereocenters. The molecule has 0 atom stereocenters. The van der Waals surface area contributed by atoms with Crippen LogP contribution in [0.4, 0.5) is 0 Å².